The second-order valence-electron chi connectivity index (χ2n) is 11.5. The molecule has 5 rings (SSSR count). The van der Waals surface area contributed by atoms with Crippen LogP contribution in [0.3, 0.4) is 0 Å². The van der Waals surface area contributed by atoms with Crippen LogP contribution in [0.5, 0.6) is 0 Å². The van der Waals surface area contributed by atoms with Gasteiger partial charge in [0.25, 0.3) is 5.91 Å². The number of carbonyl (C=O) groups is 3. The Hall–Kier alpha value is -3.05. The summed E-state index contributed by atoms with van der Waals surface area (Å²) in [5, 5.41) is 27.7. The van der Waals surface area contributed by atoms with E-state index >= 15 is 0 Å². The van der Waals surface area contributed by atoms with E-state index in [4.69, 9.17) is 0 Å². The monoisotopic (exact) mass is 638 g/mol. The maximum Gasteiger partial charge on any atom is 0.264 e. The quantitative estimate of drug-likeness (QED) is 0.311. The van der Waals surface area contributed by atoms with Crippen LogP contribution >= 0.6 is 15.9 Å². The molecule has 9 nitrogen and oxygen atoms in total. The Morgan fingerprint density at radius 1 is 1.19 bits per heavy atom. The van der Waals surface area contributed by atoms with Gasteiger partial charge in [0, 0.05) is 41.2 Å². The second-order valence-corrected chi connectivity index (χ2v) is 12.5. The molecule has 2 fully saturated rings. The SMILES string of the molecule is C[C@@H](/C=C/CC(=O)N1CCC[C@H]1CO)[C@]1(O)C(=O)N(Cc2ccc(NC(=O)C3CCCNC3)cc2)c2ccc(Br)cc21. The highest BCUT2D eigenvalue weighted by atomic mass is 79.9. The molecule has 0 aliphatic carbocycles. The lowest BCUT2D eigenvalue weighted by atomic mass is 9.83. The van der Waals surface area contributed by atoms with Crippen LogP contribution in [0.1, 0.15) is 50.2 Å². The van der Waals surface area contributed by atoms with Gasteiger partial charge in [-0.05, 0) is 68.1 Å². The van der Waals surface area contributed by atoms with E-state index in [0.717, 1.165) is 42.3 Å². The van der Waals surface area contributed by atoms with Crippen molar-refractivity contribution in [2.24, 2.45) is 11.8 Å². The molecule has 10 heteroatoms. The number of benzene rings is 2. The number of hydrogen-bond acceptors (Lipinski definition) is 6. The lowest BCUT2D eigenvalue weighted by Crippen LogP contribution is -2.44. The van der Waals surface area contributed by atoms with Gasteiger partial charge in [-0.15, -0.1) is 0 Å². The van der Waals surface area contributed by atoms with Gasteiger partial charge in [-0.25, -0.2) is 0 Å². The van der Waals surface area contributed by atoms with Gasteiger partial charge >= 0.3 is 0 Å². The molecule has 0 saturated carbocycles. The number of anilines is 2. The van der Waals surface area contributed by atoms with Gasteiger partial charge in [-0.1, -0.05) is 47.1 Å². The smallest absolute Gasteiger partial charge is 0.264 e. The normalized spacial score (nSPS) is 24.7. The van der Waals surface area contributed by atoms with E-state index in [1.54, 1.807) is 34.9 Å². The minimum Gasteiger partial charge on any atom is -0.394 e. The van der Waals surface area contributed by atoms with Crippen molar-refractivity contribution in [1.29, 1.82) is 0 Å². The number of carbonyl (C=O) groups excluding carboxylic acids is 3. The first-order valence-electron chi connectivity index (χ1n) is 14.7. The van der Waals surface area contributed by atoms with Crippen molar-refractivity contribution >= 4 is 45.0 Å². The molecule has 4 N–H and O–H groups in total. The first-order chi connectivity index (χ1) is 20.2. The number of hydrogen-bond donors (Lipinski definition) is 4. The molecule has 2 saturated heterocycles. The second kappa shape index (κ2) is 13.1. The van der Waals surface area contributed by atoms with E-state index in [0.29, 0.717) is 30.0 Å². The largest absolute Gasteiger partial charge is 0.394 e. The maximum absolute atomic E-state index is 13.9. The summed E-state index contributed by atoms with van der Waals surface area (Å²) in [4.78, 5) is 42.5. The lowest BCUT2D eigenvalue weighted by molar-refractivity contribution is -0.139. The zero-order chi connectivity index (χ0) is 29.9. The van der Waals surface area contributed by atoms with Gasteiger partial charge in [-0.3, -0.25) is 14.4 Å². The summed E-state index contributed by atoms with van der Waals surface area (Å²) >= 11 is 3.48. The Morgan fingerprint density at radius 2 is 1.98 bits per heavy atom. The third kappa shape index (κ3) is 6.17. The standard InChI is InChI=1S/C32H39BrN4O5/c1-21(5-2-8-29(39)36-16-4-7-26(36)20-38)32(42)27-17-24(33)11-14-28(27)37(31(32)41)19-22-9-12-25(13-10-22)35-30(40)23-6-3-15-34-18-23/h2,5,9-14,17,21,23,26,34,38,42H,3-4,6-8,15-16,18-20H2,1H3,(H,35,40)/b5-2+/t21-,23?,26-,32+/m0/s1. The van der Waals surface area contributed by atoms with Crippen LogP contribution in [0.2, 0.25) is 0 Å². The molecule has 4 atom stereocenters. The first-order valence-corrected chi connectivity index (χ1v) is 15.5. The Morgan fingerprint density at radius 3 is 2.69 bits per heavy atom. The number of amides is 3. The number of aliphatic hydroxyl groups excluding tert-OH is 1. The van der Waals surface area contributed by atoms with Gasteiger partial charge < -0.3 is 30.6 Å². The fourth-order valence-corrected chi connectivity index (χ4v) is 6.62. The molecule has 0 spiro atoms. The van der Waals surface area contributed by atoms with Crippen molar-refractivity contribution in [2.75, 3.05) is 36.5 Å². The van der Waals surface area contributed by atoms with Crippen molar-refractivity contribution < 1.29 is 24.6 Å². The zero-order valence-corrected chi connectivity index (χ0v) is 25.5. The molecule has 1 unspecified atom stereocenters. The molecule has 224 valence electrons. The number of nitrogens with zero attached hydrogens (tertiary/aromatic N) is 2. The van der Waals surface area contributed by atoms with E-state index < -0.39 is 17.4 Å². The molecule has 0 aromatic heterocycles. The summed E-state index contributed by atoms with van der Waals surface area (Å²) in [7, 11) is 0. The van der Waals surface area contributed by atoms with Gasteiger partial charge in [0.1, 0.15) is 0 Å². The molecule has 42 heavy (non-hydrogen) atoms. The fourth-order valence-electron chi connectivity index (χ4n) is 6.26. The van der Waals surface area contributed by atoms with Crippen LogP contribution in [0.25, 0.3) is 0 Å². The predicted octanol–water partition coefficient (Wildman–Crippen LogP) is 3.69. The van der Waals surface area contributed by atoms with Crippen molar-refractivity contribution in [3.8, 4) is 0 Å². The van der Waals surface area contributed by atoms with Crippen molar-refractivity contribution in [2.45, 2.75) is 57.2 Å². The third-order valence-electron chi connectivity index (χ3n) is 8.75. The molecule has 3 aliphatic rings. The highest BCUT2D eigenvalue weighted by Crippen LogP contribution is 2.46. The summed E-state index contributed by atoms with van der Waals surface area (Å²) in [6.45, 7) is 4.25. The summed E-state index contributed by atoms with van der Waals surface area (Å²) in [5.74, 6) is -1.14. The van der Waals surface area contributed by atoms with Crippen molar-refractivity contribution in [1.82, 2.24) is 10.2 Å². The van der Waals surface area contributed by atoms with Gasteiger partial charge in [-0.2, -0.15) is 0 Å². The molecule has 0 bridgehead atoms. The number of rotatable bonds is 9. The lowest BCUT2D eigenvalue weighted by Gasteiger charge is -2.28. The summed E-state index contributed by atoms with van der Waals surface area (Å²) < 4.78 is 0.748. The Labute approximate surface area is 255 Å². The summed E-state index contributed by atoms with van der Waals surface area (Å²) in [5.41, 5.74) is 0.899. The zero-order valence-electron chi connectivity index (χ0n) is 23.9. The number of likely N-dealkylation sites (tertiary alicyclic amines) is 1. The Balaban J connectivity index is 1.28. The minimum atomic E-state index is -1.80. The van der Waals surface area contributed by atoms with E-state index in [1.807, 2.05) is 36.4 Å². The summed E-state index contributed by atoms with van der Waals surface area (Å²) in [6, 6.07) is 12.7. The van der Waals surface area contributed by atoms with Crippen LogP contribution in [0.4, 0.5) is 11.4 Å². The van der Waals surface area contributed by atoms with Crippen LogP contribution in [0.15, 0.2) is 59.1 Å². The van der Waals surface area contributed by atoms with Crippen LogP contribution in [-0.2, 0) is 26.5 Å². The molecule has 3 aliphatic heterocycles. The fraction of sp³-hybridized carbons (Fsp3) is 0.469. The third-order valence-corrected chi connectivity index (χ3v) is 9.24. The van der Waals surface area contributed by atoms with E-state index in [-0.39, 0.29) is 43.3 Å². The van der Waals surface area contributed by atoms with Crippen LogP contribution < -0.4 is 15.5 Å². The molecule has 3 heterocycles. The van der Waals surface area contributed by atoms with Gasteiger partial charge in [0.15, 0.2) is 5.60 Å². The number of aliphatic hydroxyl groups is 2. The average molecular weight is 640 g/mol. The van der Waals surface area contributed by atoms with E-state index in [1.165, 1.54) is 0 Å². The predicted molar refractivity (Wildman–Crippen MR) is 165 cm³/mol. The van der Waals surface area contributed by atoms with Crippen LogP contribution in [0, 0.1) is 11.8 Å². The topological polar surface area (TPSA) is 122 Å². The molecular weight excluding hydrogens is 600 g/mol. The minimum absolute atomic E-state index is 0.00613. The van der Waals surface area contributed by atoms with Crippen molar-refractivity contribution in [3.05, 3.63) is 70.2 Å². The molecule has 2 aromatic carbocycles. The molecule has 0 radical (unpaired) electrons. The van der Waals surface area contributed by atoms with Crippen molar-refractivity contribution in [3.63, 3.8) is 0 Å². The number of fused-ring (bicyclic) bond motifs is 1. The van der Waals surface area contributed by atoms with Gasteiger partial charge in [0.2, 0.25) is 11.8 Å². The average Bonchev–Trinajstić information content (AvgIpc) is 3.56. The highest BCUT2D eigenvalue weighted by molar-refractivity contribution is 9.10. The molecule has 2 aromatic rings. The number of piperidine rings is 1. The van der Waals surface area contributed by atoms with E-state index in [2.05, 4.69) is 26.6 Å². The Kier molecular flexibility index (Phi) is 9.47. The summed E-state index contributed by atoms with van der Waals surface area (Å²) in [6.07, 6.45) is 7.12. The number of halogens is 1. The first kappa shape index (κ1) is 30.4. The highest BCUT2D eigenvalue weighted by Gasteiger charge is 2.52. The van der Waals surface area contributed by atoms with E-state index in [9.17, 15) is 24.6 Å². The Bertz CT molecular complexity index is 1340. The molecular formula is C32H39BrN4O5. The van der Waals surface area contributed by atoms with Gasteiger partial charge in [0.05, 0.1) is 30.8 Å². The maximum atomic E-state index is 13.9. The van der Waals surface area contributed by atoms with Crippen LogP contribution in [-0.4, -0.2) is 65.1 Å². The molecule has 3 amide bonds. The number of nitrogens with one attached hydrogen (secondary N) is 2.